The highest BCUT2D eigenvalue weighted by Gasteiger charge is 2.21. The van der Waals surface area contributed by atoms with E-state index in [9.17, 15) is 9.59 Å². The van der Waals surface area contributed by atoms with Crippen LogP contribution in [0.1, 0.15) is 28.8 Å². The highest BCUT2D eigenvalue weighted by molar-refractivity contribution is 5.95. The van der Waals surface area contributed by atoms with Crippen molar-refractivity contribution in [1.29, 1.82) is 0 Å². The van der Waals surface area contributed by atoms with Gasteiger partial charge in [0, 0.05) is 12.2 Å². The lowest BCUT2D eigenvalue weighted by atomic mass is 9.98. The highest BCUT2D eigenvalue weighted by atomic mass is 16.5. The molecule has 1 amide bonds. The summed E-state index contributed by atoms with van der Waals surface area (Å²) in [6.07, 6.45) is 1.94. The number of rotatable bonds is 3. The van der Waals surface area contributed by atoms with Crippen LogP contribution in [0.4, 0.5) is 5.69 Å². The molecule has 1 aromatic carbocycles. The van der Waals surface area contributed by atoms with Crippen molar-refractivity contribution in [2.24, 2.45) is 5.92 Å². The van der Waals surface area contributed by atoms with Gasteiger partial charge in [-0.3, -0.25) is 4.79 Å². The second-order valence-electron chi connectivity index (χ2n) is 5.05. The molecular formula is C15H20N2O3. The molecule has 5 nitrogen and oxygen atoms in total. The molecule has 0 aliphatic carbocycles. The van der Waals surface area contributed by atoms with Crippen LogP contribution in [-0.4, -0.2) is 32.1 Å². The number of benzene rings is 1. The minimum absolute atomic E-state index is 0.0179. The quantitative estimate of drug-likeness (QED) is 0.825. The van der Waals surface area contributed by atoms with Crippen LogP contribution in [-0.2, 0) is 9.53 Å². The molecule has 5 heteroatoms. The number of amides is 1. The summed E-state index contributed by atoms with van der Waals surface area (Å²) in [6, 6.07) is 5.20. The number of ether oxygens (including phenoxy) is 1. The summed E-state index contributed by atoms with van der Waals surface area (Å²) >= 11 is 0. The number of carbonyl (C=O) groups is 2. The van der Waals surface area contributed by atoms with Gasteiger partial charge in [-0.15, -0.1) is 0 Å². The fourth-order valence-electron chi connectivity index (χ4n) is 2.40. The van der Waals surface area contributed by atoms with Crippen LogP contribution < -0.4 is 10.6 Å². The molecule has 2 rings (SSSR count). The normalized spacial score (nSPS) is 18.4. The molecule has 1 heterocycles. The van der Waals surface area contributed by atoms with E-state index in [2.05, 4.69) is 10.6 Å². The molecule has 1 atom stereocenters. The van der Waals surface area contributed by atoms with Gasteiger partial charge in [0.2, 0.25) is 5.91 Å². The number of hydrogen-bond donors (Lipinski definition) is 2. The molecule has 0 bridgehead atoms. The number of esters is 1. The zero-order valence-electron chi connectivity index (χ0n) is 11.9. The van der Waals surface area contributed by atoms with Gasteiger partial charge in [0.15, 0.2) is 0 Å². The fourth-order valence-corrected chi connectivity index (χ4v) is 2.40. The van der Waals surface area contributed by atoms with Crippen molar-refractivity contribution in [1.82, 2.24) is 5.32 Å². The summed E-state index contributed by atoms with van der Waals surface area (Å²) < 4.78 is 4.70. The van der Waals surface area contributed by atoms with Crippen molar-refractivity contribution in [3.8, 4) is 0 Å². The molecule has 1 aliphatic rings. The van der Waals surface area contributed by atoms with E-state index in [0.29, 0.717) is 11.3 Å². The molecule has 0 saturated carbocycles. The van der Waals surface area contributed by atoms with Gasteiger partial charge < -0.3 is 15.4 Å². The first-order chi connectivity index (χ1) is 9.61. The maximum Gasteiger partial charge on any atom is 0.338 e. The van der Waals surface area contributed by atoms with E-state index in [1.165, 1.54) is 7.11 Å². The molecule has 20 heavy (non-hydrogen) atoms. The lowest BCUT2D eigenvalue weighted by Gasteiger charge is -2.22. The minimum Gasteiger partial charge on any atom is -0.465 e. The van der Waals surface area contributed by atoms with E-state index >= 15 is 0 Å². The molecule has 0 aromatic heterocycles. The maximum atomic E-state index is 12.1. The van der Waals surface area contributed by atoms with Crippen molar-refractivity contribution in [2.45, 2.75) is 19.8 Å². The van der Waals surface area contributed by atoms with Gasteiger partial charge in [-0.1, -0.05) is 0 Å². The second kappa shape index (κ2) is 6.52. The Morgan fingerprint density at radius 1 is 1.40 bits per heavy atom. The van der Waals surface area contributed by atoms with Crippen LogP contribution in [0.5, 0.6) is 0 Å². The maximum absolute atomic E-state index is 12.1. The van der Waals surface area contributed by atoms with Crippen LogP contribution >= 0.6 is 0 Å². The number of nitrogens with one attached hydrogen (secondary N) is 2. The van der Waals surface area contributed by atoms with Crippen LogP contribution in [0.15, 0.2) is 18.2 Å². The first-order valence-corrected chi connectivity index (χ1v) is 6.82. The second-order valence-corrected chi connectivity index (χ2v) is 5.05. The van der Waals surface area contributed by atoms with E-state index in [-0.39, 0.29) is 17.8 Å². The third-order valence-electron chi connectivity index (χ3n) is 3.57. The molecule has 1 fully saturated rings. The average molecular weight is 276 g/mol. The van der Waals surface area contributed by atoms with E-state index in [1.807, 2.05) is 6.92 Å². The Kier molecular flexibility index (Phi) is 4.74. The summed E-state index contributed by atoms with van der Waals surface area (Å²) in [7, 11) is 1.35. The molecule has 1 aliphatic heterocycles. The first-order valence-electron chi connectivity index (χ1n) is 6.82. The molecule has 1 saturated heterocycles. The van der Waals surface area contributed by atoms with Gasteiger partial charge in [-0.05, 0) is 50.1 Å². The SMILES string of the molecule is COC(=O)c1ccc(NC(=O)C2CCCNC2)cc1C. The summed E-state index contributed by atoms with van der Waals surface area (Å²) in [5.74, 6) is -0.316. The predicted octanol–water partition coefficient (Wildman–Crippen LogP) is 1.72. The third-order valence-corrected chi connectivity index (χ3v) is 3.57. The molecule has 0 spiro atoms. The van der Waals surface area contributed by atoms with Gasteiger partial charge in [0.1, 0.15) is 0 Å². The number of aryl methyl sites for hydroxylation is 1. The molecule has 108 valence electrons. The Hall–Kier alpha value is -1.88. The van der Waals surface area contributed by atoms with Crippen molar-refractivity contribution in [3.63, 3.8) is 0 Å². The zero-order valence-corrected chi connectivity index (χ0v) is 11.9. The van der Waals surface area contributed by atoms with Gasteiger partial charge in [0.05, 0.1) is 18.6 Å². The summed E-state index contributed by atoms with van der Waals surface area (Å²) in [6.45, 7) is 3.53. The van der Waals surface area contributed by atoms with Crippen molar-refractivity contribution in [2.75, 3.05) is 25.5 Å². The number of hydrogen-bond acceptors (Lipinski definition) is 4. The fraction of sp³-hybridized carbons (Fsp3) is 0.467. The van der Waals surface area contributed by atoms with Crippen LogP contribution in [0, 0.1) is 12.8 Å². The number of carbonyl (C=O) groups excluding carboxylic acids is 2. The van der Waals surface area contributed by atoms with E-state index in [4.69, 9.17) is 4.74 Å². The zero-order chi connectivity index (χ0) is 14.5. The van der Waals surface area contributed by atoms with Gasteiger partial charge in [-0.2, -0.15) is 0 Å². The Labute approximate surface area is 118 Å². The van der Waals surface area contributed by atoms with Crippen LogP contribution in [0.3, 0.4) is 0 Å². The number of anilines is 1. The van der Waals surface area contributed by atoms with E-state index in [1.54, 1.807) is 18.2 Å². The standard InChI is InChI=1S/C15H20N2O3/c1-10-8-12(5-6-13(10)15(19)20-2)17-14(18)11-4-3-7-16-9-11/h5-6,8,11,16H,3-4,7,9H2,1-2H3,(H,17,18). The number of piperidine rings is 1. The van der Waals surface area contributed by atoms with E-state index in [0.717, 1.165) is 31.5 Å². The lowest BCUT2D eigenvalue weighted by molar-refractivity contribution is -0.120. The van der Waals surface area contributed by atoms with E-state index < -0.39 is 0 Å². The lowest BCUT2D eigenvalue weighted by Crippen LogP contribution is -2.37. The Morgan fingerprint density at radius 3 is 2.80 bits per heavy atom. The highest BCUT2D eigenvalue weighted by Crippen LogP contribution is 2.18. The van der Waals surface area contributed by atoms with Gasteiger partial charge >= 0.3 is 5.97 Å². The third kappa shape index (κ3) is 3.36. The topological polar surface area (TPSA) is 67.4 Å². The Morgan fingerprint density at radius 2 is 2.20 bits per heavy atom. The summed E-state index contributed by atoms with van der Waals surface area (Å²) in [5, 5.41) is 6.13. The minimum atomic E-state index is -0.364. The Bertz CT molecular complexity index is 508. The van der Waals surface area contributed by atoms with Gasteiger partial charge in [0.25, 0.3) is 0 Å². The number of methoxy groups -OCH3 is 1. The summed E-state index contributed by atoms with van der Waals surface area (Å²) in [4.78, 5) is 23.6. The molecule has 1 unspecified atom stereocenters. The molecule has 2 N–H and O–H groups in total. The smallest absolute Gasteiger partial charge is 0.338 e. The summed E-state index contributed by atoms with van der Waals surface area (Å²) in [5.41, 5.74) is 2.02. The largest absolute Gasteiger partial charge is 0.465 e. The molecular weight excluding hydrogens is 256 g/mol. The first kappa shape index (κ1) is 14.5. The van der Waals surface area contributed by atoms with Crippen molar-refractivity contribution >= 4 is 17.6 Å². The van der Waals surface area contributed by atoms with Crippen molar-refractivity contribution < 1.29 is 14.3 Å². The average Bonchev–Trinajstić information content (AvgIpc) is 2.47. The monoisotopic (exact) mass is 276 g/mol. The van der Waals surface area contributed by atoms with Gasteiger partial charge in [-0.25, -0.2) is 4.79 Å². The predicted molar refractivity (Wildman–Crippen MR) is 76.7 cm³/mol. The molecule has 0 radical (unpaired) electrons. The van der Waals surface area contributed by atoms with Crippen LogP contribution in [0.25, 0.3) is 0 Å². The van der Waals surface area contributed by atoms with Crippen LogP contribution in [0.2, 0.25) is 0 Å². The van der Waals surface area contributed by atoms with Crippen molar-refractivity contribution in [3.05, 3.63) is 29.3 Å². The Balaban J connectivity index is 2.04. The molecule has 1 aromatic rings.